The molecule has 0 saturated carbocycles. The van der Waals surface area contributed by atoms with Crippen LogP contribution in [0.5, 0.6) is 0 Å². The van der Waals surface area contributed by atoms with Gasteiger partial charge in [-0.3, -0.25) is 0 Å². The Balaban J connectivity index is 1.92. The molecule has 1 aliphatic carbocycles. The fourth-order valence-corrected chi connectivity index (χ4v) is 3.84. The first kappa shape index (κ1) is 11.1. The number of furan rings is 1. The standard InChI is InChI=1S/C14H17NOS/c1-2-15-14(11-6-4-8-16-11)13-9-10-5-3-7-12(10)17-13/h4,6,8-9,14-15H,2-3,5,7H2,1H3. The van der Waals surface area contributed by atoms with E-state index in [1.165, 1.54) is 24.1 Å². The molecule has 2 aromatic rings. The highest BCUT2D eigenvalue weighted by Gasteiger charge is 2.22. The Hall–Kier alpha value is -1.06. The first-order valence-corrected chi connectivity index (χ1v) is 7.08. The topological polar surface area (TPSA) is 25.2 Å². The van der Waals surface area contributed by atoms with Gasteiger partial charge in [-0.2, -0.15) is 0 Å². The van der Waals surface area contributed by atoms with Crippen LogP contribution in [0.1, 0.15) is 40.5 Å². The highest BCUT2D eigenvalue weighted by atomic mass is 32.1. The van der Waals surface area contributed by atoms with Crippen LogP contribution in [0.2, 0.25) is 0 Å². The third-order valence-electron chi connectivity index (χ3n) is 3.29. The van der Waals surface area contributed by atoms with E-state index in [1.54, 1.807) is 16.7 Å². The van der Waals surface area contributed by atoms with E-state index in [-0.39, 0.29) is 6.04 Å². The van der Waals surface area contributed by atoms with Gasteiger partial charge >= 0.3 is 0 Å². The summed E-state index contributed by atoms with van der Waals surface area (Å²) in [6.07, 6.45) is 5.59. The van der Waals surface area contributed by atoms with Gasteiger partial charge in [0.1, 0.15) is 11.8 Å². The Kier molecular flexibility index (Phi) is 3.04. The minimum absolute atomic E-state index is 0.227. The zero-order chi connectivity index (χ0) is 11.7. The van der Waals surface area contributed by atoms with Crippen LogP contribution >= 0.6 is 11.3 Å². The molecule has 0 spiro atoms. The van der Waals surface area contributed by atoms with Crippen molar-refractivity contribution in [2.24, 2.45) is 0 Å². The van der Waals surface area contributed by atoms with Crippen LogP contribution in [0.4, 0.5) is 0 Å². The molecule has 0 amide bonds. The molecule has 2 aromatic heterocycles. The summed E-state index contributed by atoms with van der Waals surface area (Å²) in [5.74, 6) is 1.02. The Morgan fingerprint density at radius 2 is 2.41 bits per heavy atom. The first-order valence-electron chi connectivity index (χ1n) is 6.26. The van der Waals surface area contributed by atoms with Crippen LogP contribution in [0.3, 0.4) is 0 Å². The van der Waals surface area contributed by atoms with E-state index in [0.29, 0.717) is 0 Å². The SMILES string of the molecule is CCNC(c1ccco1)c1cc2c(s1)CCC2. The molecule has 90 valence electrons. The minimum atomic E-state index is 0.227. The second kappa shape index (κ2) is 4.67. The van der Waals surface area contributed by atoms with Gasteiger partial charge in [-0.05, 0) is 49.6 Å². The fourth-order valence-electron chi connectivity index (χ4n) is 2.50. The van der Waals surface area contributed by atoms with E-state index in [9.17, 15) is 0 Å². The average molecular weight is 247 g/mol. The Morgan fingerprint density at radius 3 is 3.12 bits per heavy atom. The number of thiophene rings is 1. The summed E-state index contributed by atoms with van der Waals surface area (Å²) in [7, 11) is 0. The Bertz CT molecular complexity index is 465. The molecule has 0 radical (unpaired) electrons. The number of hydrogen-bond donors (Lipinski definition) is 1. The third-order valence-corrected chi connectivity index (χ3v) is 4.59. The van der Waals surface area contributed by atoms with E-state index in [2.05, 4.69) is 24.4 Å². The van der Waals surface area contributed by atoms with Gasteiger partial charge in [0.2, 0.25) is 0 Å². The van der Waals surface area contributed by atoms with Gasteiger partial charge in [-0.1, -0.05) is 6.92 Å². The van der Waals surface area contributed by atoms with Crippen molar-refractivity contribution < 1.29 is 4.42 Å². The maximum atomic E-state index is 5.55. The summed E-state index contributed by atoms with van der Waals surface area (Å²) < 4.78 is 5.55. The highest BCUT2D eigenvalue weighted by Crippen LogP contribution is 2.36. The van der Waals surface area contributed by atoms with E-state index < -0.39 is 0 Å². The van der Waals surface area contributed by atoms with Crippen molar-refractivity contribution in [1.82, 2.24) is 5.32 Å². The van der Waals surface area contributed by atoms with E-state index in [4.69, 9.17) is 4.42 Å². The molecule has 1 atom stereocenters. The minimum Gasteiger partial charge on any atom is -0.467 e. The summed E-state index contributed by atoms with van der Waals surface area (Å²) in [5, 5.41) is 3.51. The summed E-state index contributed by atoms with van der Waals surface area (Å²) in [6, 6.07) is 6.60. The molecule has 17 heavy (non-hydrogen) atoms. The van der Waals surface area contributed by atoms with Gasteiger partial charge in [0, 0.05) is 9.75 Å². The van der Waals surface area contributed by atoms with Gasteiger partial charge in [0.25, 0.3) is 0 Å². The lowest BCUT2D eigenvalue weighted by Crippen LogP contribution is -2.20. The van der Waals surface area contributed by atoms with Crippen LogP contribution in [0.15, 0.2) is 28.9 Å². The lowest BCUT2D eigenvalue weighted by molar-refractivity contribution is 0.455. The van der Waals surface area contributed by atoms with Gasteiger partial charge in [-0.25, -0.2) is 0 Å². The molecule has 0 fully saturated rings. The van der Waals surface area contributed by atoms with Gasteiger partial charge in [-0.15, -0.1) is 11.3 Å². The van der Waals surface area contributed by atoms with Crippen LogP contribution in [0, 0.1) is 0 Å². The van der Waals surface area contributed by atoms with E-state index in [1.807, 2.05) is 17.4 Å². The monoisotopic (exact) mass is 247 g/mol. The lowest BCUT2D eigenvalue weighted by atomic mass is 10.1. The molecule has 0 aliphatic heterocycles. The number of hydrogen-bond acceptors (Lipinski definition) is 3. The zero-order valence-electron chi connectivity index (χ0n) is 10.0. The highest BCUT2D eigenvalue weighted by molar-refractivity contribution is 7.12. The predicted molar refractivity (Wildman–Crippen MR) is 70.6 cm³/mol. The third kappa shape index (κ3) is 2.05. The summed E-state index contributed by atoms with van der Waals surface area (Å²) in [6.45, 7) is 3.09. The number of nitrogens with one attached hydrogen (secondary N) is 1. The fraction of sp³-hybridized carbons (Fsp3) is 0.429. The van der Waals surface area contributed by atoms with Crippen molar-refractivity contribution in [2.45, 2.75) is 32.2 Å². The van der Waals surface area contributed by atoms with Crippen molar-refractivity contribution in [3.63, 3.8) is 0 Å². The normalized spacial score (nSPS) is 16.1. The van der Waals surface area contributed by atoms with Gasteiger partial charge in [0.15, 0.2) is 0 Å². The molecule has 1 unspecified atom stereocenters. The average Bonchev–Trinajstić information content (AvgIpc) is 3.01. The van der Waals surface area contributed by atoms with Crippen LogP contribution < -0.4 is 5.32 Å². The number of fused-ring (bicyclic) bond motifs is 1. The second-order valence-corrected chi connectivity index (χ2v) is 5.63. The van der Waals surface area contributed by atoms with Crippen molar-refractivity contribution in [1.29, 1.82) is 0 Å². The largest absolute Gasteiger partial charge is 0.467 e. The van der Waals surface area contributed by atoms with Crippen molar-refractivity contribution in [3.05, 3.63) is 45.5 Å². The summed E-state index contributed by atoms with van der Waals surface area (Å²) >= 11 is 1.95. The molecule has 1 N–H and O–H groups in total. The molecule has 1 aliphatic rings. The van der Waals surface area contributed by atoms with Crippen LogP contribution in [0.25, 0.3) is 0 Å². The Morgan fingerprint density at radius 1 is 1.47 bits per heavy atom. The zero-order valence-corrected chi connectivity index (χ0v) is 10.8. The van der Waals surface area contributed by atoms with Gasteiger partial charge in [0.05, 0.1) is 6.26 Å². The quantitative estimate of drug-likeness (QED) is 0.894. The number of aryl methyl sites for hydroxylation is 2. The van der Waals surface area contributed by atoms with Gasteiger partial charge < -0.3 is 9.73 Å². The van der Waals surface area contributed by atoms with Crippen molar-refractivity contribution in [2.75, 3.05) is 6.54 Å². The van der Waals surface area contributed by atoms with Crippen molar-refractivity contribution in [3.8, 4) is 0 Å². The molecule has 2 nitrogen and oxygen atoms in total. The first-order chi connectivity index (χ1) is 8.38. The maximum absolute atomic E-state index is 5.55. The molecule has 0 saturated heterocycles. The maximum Gasteiger partial charge on any atom is 0.126 e. The molecule has 0 aromatic carbocycles. The molecule has 3 rings (SSSR count). The lowest BCUT2D eigenvalue weighted by Gasteiger charge is -2.13. The smallest absolute Gasteiger partial charge is 0.126 e. The van der Waals surface area contributed by atoms with Crippen LogP contribution in [-0.2, 0) is 12.8 Å². The summed E-state index contributed by atoms with van der Waals surface area (Å²) in [5.41, 5.74) is 1.56. The Labute approximate surface area is 106 Å². The van der Waals surface area contributed by atoms with E-state index in [0.717, 1.165) is 12.3 Å². The number of rotatable bonds is 4. The molecule has 3 heteroatoms. The molecular formula is C14H17NOS. The molecule has 2 heterocycles. The molecule has 0 bridgehead atoms. The molecular weight excluding hydrogens is 230 g/mol. The van der Waals surface area contributed by atoms with Crippen LogP contribution in [-0.4, -0.2) is 6.54 Å². The summed E-state index contributed by atoms with van der Waals surface area (Å²) in [4.78, 5) is 2.97. The second-order valence-electron chi connectivity index (χ2n) is 4.46. The van der Waals surface area contributed by atoms with E-state index >= 15 is 0 Å². The predicted octanol–water partition coefficient (Wildman–Crippen LogP) is 3.53. The van der Waals surface area contributed by atoms with Crippen molar-refractivity contribution >= 4 is 11.3 Å².